The van der Waals surface area contributed by atoms with Crippen LogP contribution in [0.2, 0.25) is 0 Å². The average Bonchev–Trinajstić information content (AvgIpc) is 3.18. The van der Waals surface area contributed by atoms with E-state index in [1.54, 1.807) is 72.8 Å². The molecule has 1 atom stereocenters. The van der Waals surface area contributed by atoms with Crippen LogP contribution in [0.25, 0.3) is 10.8 Å². The normalized spacial score (nSPS) is 13.4. The first-order valence-corrected chi connectivity index (χ1v) is 21.0. The molecule has 0 aromatic heterocycles. The van der Waals surface area contributed by atoms with Crippen molar-refractivity contribution in [2.24, 2.45) is 0 Å². The van der Waals surface area contributed by atoms with E-state index in [9.17, 15) is 16.8 Å². The van der Waals surface area contributed by atoms with Gasteiger partial charge in [0.1, 0.15) is 22.8 Å². The molecule has 0 radical (unpaired) electrons. The third-order valence-corrected chi connectivity index (χ3v) is 14.3. The van der Waals surface area contributed by atoms with E-state index in [1.165, 1.54) is 0 Å². The van der Waals surface area contributed by atoms with Crippen molar-refractivity contribution in [3.05, 3.63) is 150 Å². The zero-order chi connectivity index (χ0) is 38.0. The predicted molar refractivity (Wildman–Crippen MR) is 212 cm³/mol. The summed E-state index contributed by atoms with van der Waals surface area (Å²) in [5.74, 6) is 1.83. The number of rotatable bonds is 13. The van der Waals surface area contributed by atoms with E-state index < -0.39 is 25.3 Å². The summed E-state index contributed by atoms with van der Waals surface area (Å²) in [7, 11) is -7.31. The molecular weight excluding hydrogens is 701 g/mol. The van der Waals surface area contributed by atoms with Gasteiger partial charge in [0.25, 0.3) is 0 Å². The largest absolute Gasteiger partial charge is 0.483 e. The molecule has 0 aliphatic carbocycles. The number of ether oxygens (including phenoxy) is 2. The third-order valence-electron chi connectivity index (χ3n) is 10.7. The van der Waals surface area contributed by atoms with Gasteiger partial charge in [-0.2, -0.15) is 0 Å². The Morgan fingerprint density at radius 2 is 0.868 bits per heavy atom. The molecule has 6 aromatic carbocycles. The Morgan fingerprint density at radius 1 is 0.472 bits per heavy atom. The fraction of sp³-hybridized carbons (Fsp3) is 0.244. The van der Waals surface area contributed by atoms with Crippen LogP contribution in [0, 0.1) is 6.92 Å². The van der Waals surface area contributed by atoms with Gasteiger partial charge in [0.05, 0.1) is 19.6 Å². The molecule has 274 valence electrons. The number of hydrogen-bond donors (Lipinski definition) is 0. The molecule has 0 bridgehead atoms. The summed E-state index contributed by atoms with van der Waals surface area (Å²) < 4.78 is 65.9. The van der Waals surface area contributed by atoms with Crippen molar-refractivity contribution < 1.29 is 26.3 Å². The van der Waals surface area contributed by atoms with Gasteiger partial charge in [-0.25, -0.2) is 16.8 Å². The first kappa shape index (κ1) is 37.8. The van der Waals surface area contributed by atoms with Gasteiger partial charge in [0.15, 0.2) is 0 Å². The van der Waals surface area contributed by atoms with Crippen molar-refractivity contribution in [1.29, 1.82) is 0 Å². The highest BCUT2D eigenvalue weighted by Crippen LogP contribution is 2.36. The Kier molecular flexibility index (Phi) is 10.6. The molecule has 6 rings (SSSR count). The van der Waals surface area contributed by atoms with Crippen molar-refractivity contribution in [3.8, 4) is 17.2 Å². The molecule has 0 aliphatic rings. The highest BCUT2D eigenvalue weighted by Gasteiger charge is 2.28. The highest BCUT2D eigenvalue weighted by atomic mass is 32.2. The second kappa shape index (κ2) is 14.8. The lowest BCUT2D eigenvalue weighted by molar-refractivity contribution is 0.0827. The summed E-state index contributed by atoms with van der Waals surface area (Å²) >= 11 is 0. The first-order valence-electron chi connectivity index (χ1n) is 18.0. The van der Waals surface area contributed by atoms with Crippen molar-refractivity contribution in [2.75, 3.05) is 0 Å². The van der Waals surface area contributed by atoms with Crippen LogP contribution in [0.3, 0.4) is 0 Å². The maximum atomic E-state index is 13.4. The summed E-state index contributed by atoms with van der Waals surface area (Å²) in [6.07, 6.45) is 2.62. The smallest absolute Gasteiger partial charge is 0.206 e. The molecule has 0 saturated heterocycles. The topological polar surface area (TPSA) is 86.7 Å². The highest BCUT2D eigenvalue weighted by molar-refractivity contribution is 7.91. The standard InChI is InChI=1S/C45H46O6S2/c1-7-44(5,8-2)35-14-24-41(25-15-35)53(48,49)43-28-20-37(21-29-43)50-38-18-12-34-31-39(19-13-33(34)30-38)51-45(6,9-3)36-16-26-42(27-17-36)52(46,47)40-22-10-32(4)11-23-40/h10-31H,7-9H2,1-6H3. The number of sulfone groups is 2. The lowest BCUT2D eigenvalue weighted by atomic mass is 9.78. The third kappa shape index (κ3) is 7.75. The van der Waals surface area contributed by atoms with Crippen LogP contribution in [0.1, 0.15) is 70.6 Å². The minimum absolute atomic E-state index is 0.0171. The molecule has 0 heterocycles. The number of benzene rings is 6. The number of fused-ring (bicyclic) bond motifs is 1. The van der Waals surface area contributed by atoms with Gasteiger partial charge in [-0.05, 0) is 145 Å². The van der Waals surface area contributed by atoms with Crippen LogP contribution in [-0.4, -0.2) is 16.8 Å². The van der Waals surface area contributed by atoms with Gasteiger partial charge in [-0.15, -0.1) is 0 Å². The molecule has 0 fully saturated rings. The minimum Gasteiger partial charge on any atom is -0.483 e. The molecule has 0 amide bonds. The van der Waals surface area contributed by atoms with Crippen molar-refractivity contribution in [1.82, 2.24) is 0 Å². The molecule has 53 heavy (non-hydrogen) atoms. The second-order valence-electron chi connectivity index (χ2n) is 14.1. The van der Waals surface area contributed by atoms with Crippen molar-refractivity contribution in [2.45, 2.75) is 91.4 Å². The SMILES string of the molecule is CCC(C)(CC)c1ccc(S(=O)(=O)c2ccc(Oc3ccc4cc(OC(C)(CC)c5ccc(S(=O)(=O)c6ccc(C)cc6)cc5)ccc4c3)cc2)cc1. The predicted octanol–water partition coefficient (Wildman–Crippen LogP) is 11.4. The van der Waals surface area contributed by atoms with E-state index in [0.29, 0.717) is 23.7 Å². The molecule has 0 saturated carbocycles. The summed E-state index contributed by atoms with van der Waals surface area (Å²) in [5, 5.41) is 1.90. The Balaban J connectivity index is 1.14. The van der Waals surface area contributed by atoms with Crippen LogP contribution >= 0.6 is 0 Å². The molecular formula is C45H46O6S2. The number of hydrogen-bond acceptors (Lipinski definition) is 6. The van der Waals surface area contributed by atoms with Crippen molar-refractivity contribution in [3.63, 3.8) is 0 Å². The summed E-state index contributed by atoms with van der Waals surface area (Å²) in [4.78, 5) is 0.979. The Hall–Kier alpha value is -4.92. The zero-order valence-corrected chi connectivity index (χ0v) is 32.7. The van der Waals surface area contributed by atoms with Crippen LogP contribution in [0.5, 0.6) is 17.2 Å². The maximum Gasteiger partial charge on any atom is 0.206 e. The lowest BCUT2D eigenvalue weighted by Crippen LogP contribution is -2.28. The molecule has 8 heteroatoms. The summed E-state index contributed by atoms with van der Waals surface area (Å²) in [6, 6.07) is 39.1. The first-order chi connectivity index (χ1) is 25.2. The maximum absolute atomic E-state index is 13.4. The van der Waals surface area contributed by atoms with Gasteiger partial charge in [0, 0.05) is 0 Å². The average molecular weight is 747 g/mol. The van der Waals surface area contributed by atoms with Gasteiger partial charge < -0.3 is 9.47 Å². The van der Waals surface area contributed by atoms with Crippen LogP contribution in [0.15, 0.2) is 153 Å². The monoisotopic (exact) mass is 746 g/mol. The van der Waals surface area contributed by atoms with Gasteiger partial charge in [0.2, 0.25) is 19.7 Å². The summed E-state index contributed by atoms with van der Waals surface area (Å²) in [6.45, 7) is 12.5. The van der Waals surface area contributed by atoms with Crippen LogP contribution < -0.4 is 9.47 Å². The van der Waals surface area contributed by atoms with E-state index in [1.807, 2.05) is 81.4 Å². The quantitative estimate of drug-likeness (QED) is 0.117. The Labute approximate surface area is 314 Å². The van der Waals surface area contributed by atoms with Gasteiger partial charge >= 0.3 is 0 Å². The molecule has 0 aliphatic heterocycles. The fourth-order valence-electron chi connectivity index (χ4n) is 6.42. The van der Waals surface area contributed by atoms with E-state index in [4.69, 9.17) is 9.47 Å². The van der Waals surface area contributed by atoms with Crippen LogP contribution in [0.4, 0.5) is 0 Å². The molecule has 6 aromatic rings. The second-order valence-corrected chi connectivity index (χ2v) is 18.0. The minimum atomic E-state index is -3.68. The molecule has 0 spiro atoms. The zero-order valence-electron chi connectivity index (χ0n) is 31.1. The van der Waals surface area contributed by atoms with Crippen molar-refractivity contribution >= 4 is 30.4 Å². The Bertz CT molecular complexity index is 2430. The number of aryl methyl sites for hydroxylation is 1. The van der Waals surface area contributed by atoms with Crippen LogP contribution in [-0.2, 0) is 30.7 Å². The van der Waals surface area contributed by atoms with E-state index in [-0.39, 0.29) is 25.0 Å². The van der Waals surface area contributed by atoms with Gasteiger partial charge in [-0.1, -0.05) is 81.8 Å². The summed E-state index contributed by atoms with van der Waals surface area (Å²) in [5.41, 5.74) is 2.33. The lowest BCUT2D eigenvalue weighted by Gasteiger charge is -2.30. The van der Waals surface area contributed by atoms with E-state index in [2.05, 4.69) is 20.8 Å². The molecule has 1 unspecified atom stereocenters. The van der Waals surface area contributed by atoms with E-state index in [0.717, 1.165) is 40.3 Å². The fourth-order valence-corrected chi connectivity index (χ4v) is 8.94. The molecule has 6 nitrogen and oxygen atoms in total. The molecule has 0 N–H and O–H groups in total. The Morgan fingerprint density at radius 3 is 1.34 bits per heavy atom. The van der Waals surface area contributed by atoms with Gasteiger partial charge in [-0.3, -0.25) is 0 Å². The van der Waals surface area contributed by atoms with E-state index >= 15 is 0 Å².